The molecule has 0 aliphatic rings. The van der Waals surface area contributed by atoms with Crippen molar-refractivity contribution >= 4 is 23.7 Å². The molecule has 0 radical (unpaired) electrons. The number of amides is 1. The summed E-state index contributed by atoms with van der Waals surface area (Å²) >= 11 is 5.85. The second-order valence-electron chi connectivity index (χ2n) is 4.76. The zero-order valence-corrected chi connectivity index (χ0v) is 13.7. The highest BCUT2D eigenvalue weighted by molar-refractivity contribution is 6.32. The van der Waals surface area contributed by atoms with Crippen LogP contribution in [0.25, 0.3) is 0 Å². The first-order chi connectivity index (χ1) is 11.6. The van der Waals surface area contributed by atoms with E-state index in [0.717, 1.165) is 0 Å². The van der Waals surface area contributed by atoms with Crippen LogP contribution >= 0.6 is 11.6 Å². The SMILES string of the molecule is C=CCc1cc(/C=N/NC(=O)c2cccnc2Cl)cc(OC)c1O. The normalized spacial score (nSPS) is 10.6. The number of hydrogen-bond acceptors (Lipinski definition) is 5. The van der Waals surface area contributed by atoms with Crippen molar-refractivity contribution in [3.05, 3.63) is 65.0 Å². The van der Waals surface area contributed by atoms with Gasteiger partial charge in [-0.2, -0.15) is 5.10 Å². The van der Waals surface area contributed by atoms with Crippen LogP contribution < -0.4 is 10.2 Å². The molecule has 0 spiro atoms. The van der Waals surface area contributed by atoms with Gasteiger partial charge in [-0.1, -0.05) is 17.7 Å². The van der Waals surface area contributed by atoms with Crippen molar-refractivity contribution in [2.45, 2.75) is 6.42 Å². The van der Waals surface area contributed by atoms with Gasteiger partial charge in [-0.3, -0.25) is 4.79 Å². The topological polar surface area (TPSA) is 83.8 Å². The first-order valence-electron chi connectivity index (χ1n) is 7.01. The molecular formula is C17H16ClN3O3. The van der Waals surface area contributed by atoms with Crippen molar-refractivity contribution < 1.29 is 14.6 Å². The van der Waals surface area contributed by atoms with Gasteiger partial charge in [-0.25, -0.2) is 10.4 Å². The summed E-state index contributed by atoms with van der Waals surface area (Å²) < 4.78 is 5.13. The molecule has 0 bridgehead atoms. The minimum absolute atomic E-state index is 0.0562. The fourth-order valence-corrected chi connectivity index (χ4v) is 2.22. The summed E-state index contributed by atoms with van der Waals surface area (Å²) in [6, 6.07) is 6.49. The molecule has 24 heavy (non-hydrogen) atoms. The molecule has 1 aromatic carbocycles. The average molecular weight is 346 g/mol. The molecule has 2 rings (SSSR count). The summed E-state index contributed by atoms with van der Waals surface area (Å²) in [5.74, 6) is -0.0976. The molecule has 124 valence electrons. The molecule has 0 saturated heterocycles. The number of rotatable bonds is 6. The lowest BCUT2D eigenvalue weighted by Crippen LogP contribution is -2.18. The monoisotopic (exact) mass is 345 g/mol. The molecule has 0 saturated carbocycles. The highest BCUT2D eigenvalue weighted by Gasteiger charge is 2.10. The number of nitrogens with zero attached hydrogens (tertiary/aromatic N) is 2. The maximum absolute atomic E-state index is 12.0. The van der Waals surface area contributed by atoms with Crippen LogP contribution in [0.3, 0.4) is 0 Å². The molecule has 0 aliphatic carbocycles. The lowest BCUT2D eigenvalue weighted by molar-refractivity contribution is 0.0955. The Bertz CT molecular complexity index is 791. The van der Waals surface area contributed by atoms with E-state index < -0.39 is 5.91 Å². The molecule has 7 heteroatoms. The second kappa shape index (κ2) is 8.12. The zero-order chi connectivity index (χ0) is 17.5. The van der Waals surface area contributed by atoms with E-state index >= 15 is 0 Å². The van der Waals surface area contributed by atoms with Gasteiger partial charge >= 0.3 is 0 Å². The van der Waals surface area contributed by atoms with E-state index in [1.807, 2.05) is 0 Å². The third-order valence-electron chi connectivity index (χ3n) is 3.14. The van der Waals surface area contributed by atoms with Gasteiger partial charge in [0, 0.05) is 11.8 Å². The number of methoxy groups -OCH3 is 1. The van der Waals surface area contributed by atoms with Gasteiger partial charge in [-0.15, -0.1) is 6.58 Å². The van der Waals surface area contributed by atoms with Crippen LogP contribution in [0, 0.1) is 0 Å². The summed E-state index contributed by atoms with van der Waals surface area (Å²) in [6.07, 6.45) is 5.08. The number of hydrazone groups is 1. The Morgan fingerprint density at radius 3 is 3.00 bits per heavy atom. The Labute approximate surface area is 144 Å². The third kappa shape index (κ3) is 4.11. The van der Waals surface area contributed by atoms with Crippen molar-refractivity contribution in [3.8, 4) is 11.5 Å². The Kier molecular flexibility index (Phi) is 5.92. The third-order valence-corrected chi connectivity index (χ3v) is 3.45. The minimum Gasteiger partial charge on any atom is -0.504 e. The second-order valence-corrected chi connectivity index (χ2v) is 5.12. The lowest BCUT2D eigenvalue weighted by Gasteiger charge is -2.09. The summed E-state index contributed by atoms with van der Waals surface area (Å²) in [6.45, 7) is 3.65. The molecule has 2 N–H and O–H groups in total. The molecule has 6 nitrogen and oxygen atoms in total. The van der Waals surface area contributed by atoms with Gasteiger partial charge in [0.2, 0.25) is 0 Å². The molecule has 0 aliphatic heterocycles. The number of benzene rings is 1. The number of hydrogen-bond donors (Lipinski definition) is 2. The lowest BCUT2D eigenvalue weighted by atomic mass is 10.1. The molecule has 2 aromatic rings. The number of nitrogens with one attached hydrogen (secondary N) is 1. The van der Waals surface area contributed by atoms with E-state index in [1.165, 1.54) is 19.5 Å². The predicted molar refractivity (Wildman–Crippen MR) is 92.9 cm³/mol. The Balaban J connectivity index is 2.17. The number of halogens is 1. The van der Waals surface area contributed by atoms with Crippen molar-refractivity contribution in [3.63, 3.8) is 0 Å². The Hall–Kier alpha value is -2.86. The molecule has 1 amide bonds. The number of carbonyl (C=O) groups is 1. The van der Waals surface area contributed by atoms with Crippen LogP contribution in [0.5, 0.6) is 11.5 Å². The van der Waals surface area contributed by atoms with Gasteiger partial charge in [0.15, 0.2) is 11.5 Å². The molecule has 0 fully saturated rings. The van der Waals surface area contributed by atoms with Crippen molar-refractivity contribution in [2.24, 2.45) is 5.10 Å². The predicted octanol–water partition coefficient (Wildman–Crippen LogP) is 2.94. The summed E-state index contributed by atoms with van der Waals surface area (Å²) in [7, 11) is 1.46. The smallest absolute Gasteiger partial charge is 0.274 e. The number of carbonyl (C=O) groups excluding carboxylic acids is 1. The van der Waals surface area contributed by atoms with E-state index in [1.54, 1.807) is 30.3 Å². The minimum atomic E-state index is -0.471. The number of phenolic OH excluding ortho intramolecular Hbond substituents is 1. The van der Waals surface area contributed by atoms with Crippen molar-refractivity contribution in [2.75, 3.05) is 7.11 Å². The molecule has 0 atom stereocenters. The van der Waals surface area contributed by atoms with Gasteiger partial charge in [0.05, 0.1) is 18.9 Å². The van der Waals surface area contributed by atoms with Gasteiger partial charge < -0.3 is 9.84 Å². The maximum atomic E-state index is 12.0. The number of aromatic nitrogens is 1. The zero-order valence-electron chi connectivity index (χ0n) is 13.0. The first-order valence-corrected chi connectivity index (χ1v) is 7.39. The highest BCUT2D eigenvalue weighted by Crippen LogP contribution is 2.31. The summed E-state index contributed by atoms with van der Waals surface area (Å²) in [4.78, 5) is 15.8. The largest absolute Gasteiger partial charge is 0.504 e. The van der Waals surface area contributed by atoms with Gasteiger partial charge in [0.1, 0.15) is 5.15 Å². The number of pyridine rings is 1. The molecule has 0 unspecified atom stereocenters. The van der Waals surface area contributed by atoms with Crippen LogP contribution in [0.15, 0.2) is 48.2 Å². The van der Waals surface area contributed by atoms with Gasteiger partial charge in [-0.05, 0) is 36.2 Å². The van der Waals surface area contributed by atoms with E-state index in [9.17, 15) is 9.90 Å². The summed E-state index contributed by atoms with van der Waals surface area (Å²) in [5.41, 5.74) is 3.90. The number of phenols is 1. The quantitative estimate of drug-likeness (QED) is 0.365. The van der Waals surface area contributed by atoms with Crippen LogP contribution in [-0.2, 0) is 6.42 Å². The molecular weight excluding hydrogens is 330 g/mol. The van der Waals surface area contributed by atoms with Crippen molar-refractivity contribution in [1.82, 2.24) is 10.4 Å². The maximum Gasteiger partial charge on any atom is 0.274 e. The first kappa shape index (κ1) is 17.5. The van der Waals surface area contributed by atoms with E-state index in [2.05, 4.69) is 22.1 Å². The summed E-state index contributed by atoms with van der Waals surface area (Å²) in [5, 5.41) is 14.0. The Morgan fingerprint density at radius 2 is 2.33 bits per heavy atom. The van der Waals surface area contributed by atoms with Gasteiger partial charge in [0.25, 0.3) is 5.91 Å². The number of ether oxygens (including phenoxy) is 1. The van der Waals surface area contributed by atoms with Crippen LogP contribution in [0.1, 0.15) is 21.5 Å². The van der Waals surface area contributed by atoms with Crippen LogP contribution in [0.2, 0.25) is 5.15 Å². The molecule has 1 aromatic heterocycles. The standard InChI is InChI=1S/C17H16ClN3O3/c1-3-5-12-8-11(9-14(24-2)15(12)22)10-20-21-17(23)13-6-4-7-19-16(13)18/h3-4,6-10,22H,1,5H2,2H3,(H,21,23)/b20-10+. The van der Waals surface area contributed by atoms with Crippen LogP contribution in [0.4, 0.5) is 0 Å². The average Bonchev–Trinajstić information content (AvgIpc) is 2.58. The Morgan fingerprint density at radius 1 is 1.54 bits per heavy atom. The van der Waals surface area contributed by atoms with Crippen molar-refractivity contribution in [1.29, 1.82) is 0 Å². The van der Waals surface area contributed by atoms with Crippen LogP contribution in [-0.4, -0.2) is 29.3 Å². The fraction of sp³-hybridized carbons (Fsp3) is 0.118. The van der Waals surface area contributed by atoms with E-state index in [0.29, 0.717) is 23.3 Å². The number of allylic oxidation sites excluding steroid dienone is 1. The van der Waals surface area contributed by atoms with E-state index in [4.69, 9.17) is 16.3 Å². The fourth-order valence-electron chi connectivity index (χ4n) is 2.01. The highest BCUT2D eigenvalue weighted by atomic mass is 35.5. The number of aromatic hydroxyl groups is 1. The molecule has 1 heterocycles. The van der Waals surface area contributed by atoms with E-state index in [-0.39, 0.29) is 16.5 Å².